The third-order valence-corrected chi connectivity index (χ3v) is 4.98. The van der Waals surface area contributed by atoms with Crippen molar-refractivity contribution in [2.24, 2.45) is 5.84 Å². The molecule has 0 saturated heterocycles. The number of rotatable bonds is 2. The number of fused-ring (bicyclic) bond motifs is 1. The molecule has 1 aromatic heterocycles. The average Bonchev–Trinajstić information content (AvgIpc) is 2.74. The number of nitrogens with one attached hydrogen (secondary N) is 1. The summed E-state index contributed by atoms with van der Waals surface area (Å²) in [6, 6.07) is 5.72. The topological polar surface area (TPSA) is 63.8 Å². The number of aryl methyl sites for hydroxylation is 1. The highest BCUT2D eigenvalue weighted by Gasteiger charge is 2.17. The second-order valence-corrected chi connectivity index (χ2v) is 6.42. The van der Waals surface area contributed by atoms with Gasteiger partial charge >= 0.3 is 0 Å². The summed E-state index contributed by atoms with van der Waals surface area (Å²) in [5.74, 6) is 7.05. The van der Waals surface area contributed by atoms with Crippen LogP contribution in [0.5, 0.6) is 0 Å². The van der Waals surface area contributed by atoms with Gasteiger partial charge in [-0.05, 0) is 59.8 Å². The van der Waals surface area contributed by atoms with Gasteiger partial charge in [0.1, 0.15) is 5.82 Å². The fourth-order valence-electron chi connectivity index (χ4n) is 2.65. The maximum atomic E-state index is 6.16. The molecule has 1 heterocycles. The van der Waals surface area contributed by atoms with Crippen LogP contribution in [0.15, 0.2) is 22.7 Å². The number of halogens is 2. The number of anilines is 1. The van der Waals surface area contributed by atoms with Crippen LogP contribution < -0.4 is 11.3 Å². The summed E-state index contributed by atoms with van der Waals surface area (Å²) in [6.45, 7) is 0. The monoisotopic (exact) mass is 366 g/mol. The van der Waals surface area contributed by atoms with Gasteiger partial charge in [-0.15, -0.1) is 0 Å². The SMILES string of the molecule is NNc1nc(-c2ccc(Br)c(Cl)c2)nc2c1CCCCC2. The van der Waals surface area contributed by atoms with Gasteiger partial charge in [0, 0.05) is 21.3 Å². The lowest BCUT2D eigenvalue weighted by molar-refractivity contribution is 0.709. The zero-order valence-electron chi connectivity index (χ0n) is 11.5. The van der Waals surface area contributed by atoms with Gasteiger partial charge in [0.15, 0.2) is 5.82 Å². The second kappa shape index (κ2) is 6.30. The summed E-state index contributed by atoms with van der Waals surface area (Å²) in [6.07, 6.45) is 5.50. The molecule has 1 aliphatic rings. The summed E-state index contributed by atoms with van der Waals surface area (Å²) in [7, 11) is 0. The Morgan fingerprint density at radius 1 is 1.14 bits per heavy atom. The minimum Gasteiger partial charge on any atom is -0.308 e. The van der Waals surface area contributed by atoms with Crippen LogP contribution in [0.4, 0.5) is 5.82 Å². The van der Waals surface area contributed by atoms with Crippen molar-refractivity contribution in [2.45, 2.75) is 32.1 Å². The summed E-state index contributed by atoms with van der Waals surface area (Å²) in [5.41, 5.74) is 5.88. The highest BCUT2D eigenvalue weighted by molar-refractivity contribution is 9.10. The van der Waals surface area contributed by atoms with Crippen LogP contribution in [-0.4, -0.2) is 9.97 Å². The molecule has 3 rings (SSSR count). The van der Waals surface area contributed by atoms with Crippen molar-refractivity contribution >= 4 is 33.3 Å². The lowest BCUT2D eigenvalue weighted by Crippen LogP contribution is -2.14. The Kier molecular flexibility index (Phi) is 4.42. The highest BCUT2D eigenvalue weighted by Crippen LogP contribution is 2.30. The van der Waals surface area contributed by atoms with E-state index in [4.69, 9.17) is 22.4 Å². The van der Waals surface area contributed by atoms with Crippen molar-refractivity contribution in [2.75, 3.05) is 5.43 Å². The van der Waals surface area contributed by atoms with E-state index >= 15 is 0 Å². The van der Waals surface area contributed by atoms with E-state index in [1.807, 2.05) is 18.2 Å². The molecular formula is C15H16BrClN4. The minimum absolute atomic E-state index is 0.647. The van der Waals surface area contributed by atoms with E-state index < -0.39 is 0 Å². The van der Waals surface area contributed by atoms with Crippen molar-refractivity contribution in [3.8, 4) is 11.4 Å². The molecule has 2 aromatic rings. The molecule has 4 nitrogen and oxygen atoms in total. The molecule has 0 amide bonds. The van der Waals surface area contributed by atoms with Gasteiger partial charge in [0.25, 0.3) is 0 Å². The normalized spacial score (nSPS) is 14.4. The molecule has 1 aliphatic carbocycles. The molecule has 0 atom stereocenters. The average molecular weight is 368 g/mol. The number of nitrogen functional groups attached to an aromatic ring is 1. The molecule has 110 valence electrons. The molecule has 6 heteroatoms. The molecule has 0 saturated carbocycles. The van der Waals surface area contributed by atoms with E-state index in [-0.39, 0.29) is 0 Å². The lowest BCUT2D eigenvalue weighted by Gasteiger charge is -2.13. The molecular weight excluding hydrogens is 352 g/mol. The largest absolute Gasteiger partial charge is 0.308 e. The van der Waals surface area contributed by atoms with Crippen molar-refractivity contribution < 1.29 is 0 Å². The summed E-state index contributed by atoms with van der Waals surface area (Å²) < 4.78 is 0.861. The predicted molar refractivity (Wildman–Crippen MR) is 89.2 cm³/mol. The molecule has 1 aromatic carbocycles. The Morgan fingerprint density at radius 2 is 1.95 bits per heavy atom. The van der Waals surface area contributed by atoms with Crippen LogP contribution >= 0.6 is 27.5 Å². The Balaban J connectivity index is 2.10. The van der Waals surface area contributed by atoms with E-state index in [0.29, 0.717) is 10.8 Å². The Labute approximate surface area is 137 Å². The van der Waals surface area contributed by atoms with Crippen LogP contribution in [0.1, 0.15) is 30.5 Å². The maximum absolute atomic E-state index is 6.16. The highest BCUT2D eigenvalue weighted by atomic mass is 79.9. The number of benzene rings is 1. The number of nitrogens with two attached hydrogens (primary N) is 1. The zero-order valence-corrected chi connectivity index (χ0v) is 13.8. The van der Waals surface area contributed by atoms with Crippen LogP contribution in [0.2, 0.25) is 5.02 Å². The van der Waals surface area contributed by atoms with Crippen LogP contribution in [0, 0.1) is 0 Å². The first-order chi connectivity index (χ1) is 10.2. The quantitative estimate of drug-likeness (QED) is 0.476. The van der Waals surface area contributed by atoms with Crippen LogP contribution in [0.25, 0.3) is 11.4 Å². The molecule has 0 aliphatic heterocycles. The second-order valence-electron chi connectivity index (χ2n) is 5.15. The molecule has 0 unspecified atom stereocenters. The van der Waals surface area contributed by atoms with Crippen LogP contribution in [-0.2, 0) is 12.8 Å². The number of aromatic nitrogens is 2. The van der Waals surface area contributed by atoms with Crippen molar-refractivity contribution in [3.05, 3.63) is 39.0 Å². The number of hydrogen-bond donors (Lipinski definition) is 2. The number of hydrazine groups is 1. The van der Waals surface area contributed by atoms with E-state index in [2.05, 4.69) is 26.3 Å². The van der Waals surface area contributed by atoms with Crippen LogP contribution in [0.3, 0.4) is 0 Å². The molecule has 0 radical (unpaired) electrons. The number of nitrogens with zero attached hydrogens (tertiary/aromatic N) is 2. The third-order valence-electron chi connectivity index (χ3n) is 3.75. The molecule has 21 heavy (non-hydrogen) atoms. The molecule has 0 spiro atoms. The predicted octanol–water partition coefficient (Wildman–Crippen LogP) is 4.11. The first-order valence-corrected chi connectivity index (χ1v) is 8.18. The van der Waals surface area contributed by atoms with Crippen molar-refractivity contribution in [1.29, 1.82) is 0 Å². The van der Waals surface area contributed by atoms with Gasteiger partial charge in [0.05, 0.1) is 5.02 Å². The van der Waals surface area contributed by atoms with Gasteiger partial charge in [-0.2, -0.15) is 0 Å². The Morgan fingerprint density at radius 3 is 2.71 bits per heavy atom. The van der Waals surface area contributed by atoms with Crippen molar-refractivity contribution in [3.63, 3.8) is 0 Å². The fourth-order valence-corrected chi connectivity index (χ4v) is 3.08. The third kappa shape index (κ3) is 3.05. The fraction of sp³-hybridized carbons (Fsp3) is 0.333. The van der Waals surface area contributed by atoms with E-state index in [1.165, 1.54) is 6.42 Å². The smallest absolute Gasteiger partial charge is 0.161 e. The Hall–Kier alpha value is -1.17. The Bertz CT molecular complexity index is 675. The molecule has 0 bridgehead atoms. The minimum atomic E-state index is 0.647. The van der Waals surface area contributed by atoms with E-state index in [9.17, 15) is 0 Å². The molecule has 0 fully saturated rings. The first kappa shape index (κ1) is 14.8. The van der Waals surface area contributed by atoms with Gasteiger partial charge in [-0.3, -0.25) is 0 Å². The van der Waals surface area contributed by atoms with E-state index in [0.717, 1.165) is 52.8 Å². The first-order valence-electron chi connectivity index (χ1n) is 7.01. The summed E-state index contributed by atoms with van der Waals surface area (Å²) in [4.78, 5) is 9.31. The van der Waals surface area contributed by atoms with Gasteiger partial charge in [-0.25, -0.2) is 15.8 Å². The lowest BCUT2D eigenvalue weighted by atomic mass is 10.1. The standard InChI is InChI=1S/C15H16BrClN4/c16-11-7-6-9(8-12(11)17)14-19-13-5-3-1-2-4-10(13)15(20-14)21-18/h6-8H,1-5,18H2,(H,19,20,21). The maximum Gasteiger partial charge on any atom is 0.161 e. The number of hydrogen-bond acceptors (Lipinski definition) is 4. The van der Waals surface area contributed by atoms with Gasteiger partial charge in [0.2, 0.25) is 0 Å². The summed E-state index contributed by atoms with van der Waals surface area (Å²) in [5, 5.41) is 0.647. The van der Waals surface area contributed by atoms with Crippen molar-refractivity contribution in [1.82, 2.24) is 9.97 Å². The van der Waals surface area contributed by atoms with E-state index in [1.54, 1.807) is 0 Å². The van der Waals surface area contributed by atoms with Gasteiger partial charge < -0.3 is 5.43 Å². The molecule has 3 N–H and O–H groups in total. The summed E-state index contributed by atoms with van der Waals surface area (Å²) >= 11 is 9.56. The van der Waals surface area contributed by atoms with Gasteiger partial charge in [-0.1, -0.05) is 18.0 Å². The zero-order chi connectivity index (χ0) is 14.8.